The van der Waals surface area contributed by atoms with E-state index in [1.54, 1.807) is 48.5 Å². The van der Waals surface area contributed by atoms with E-state index in [0.29, 0.717) is 28.9 Å². The van der Waals surface area contributed by atoms with Gasteiger partial charge in [-0.1, -0.05) is 79.0 Å². The SMILES string of the molecule is CCCCNC(=O)C(Cc1ccccc1)N(Cc1c(Cl)cccc1Cl)C(=O)CN(c1cccc(C(F)(F)F)c1)S(C)(=O)=O. The van der Waals surface area contributed by atoms with Gasteiger partial charge in [0.25, 0.3) is 0 Å². The van der Waals surface area contributed by atoms with Crippen molar-refractivity contribution in [3.63, 3.8) is 0 Å². The molecule has 7 nitrogen and oxygen atoms in total. The highest BCUT2D eigenvalue weighted by Gasteiger charge is 2.35. The third-order valence-corrected chi connectivity index (χ3v) is 8.48. The highest BCUT2D eigenvalue weighted by atomic mass is 35.5. The molecule has 0 bridgehead atoms. The summed E-state index contributed by atoms with van der Waals surface area (Å²) in [5.41, 5.74) is -0.390. The zero-order chi connectivity index (χ0) is 31.8. The van der Waals surface area contributed by atoms with E-state index in [-0.39, 0.29) is 28.7 Å². The van der Waals surface area contributed by atoms with Crippen molar-refractivity contribution < 1.29 is 31.2 Å². The number of halogens is 5. The smallest absolute Gasteiger partial charge is 0.354 e. The van der Waals surface area contributed by atoms with E-state index in [1.165, 1.54) is 4.90 Å². The fourth-order valence-electron chi connectivity index (χ4n) is 4.36. The van der Waals surface area contributed by atoms with Gasteiger partial charge >= 0.3 is 6.18 Å². The first-order valence-corrected chi connectivity index (χ1v) is 16.0. The van der Waals surface area contributed by atoms with Crippen molar-refractivity contribution in [2.45, 2.75) is 44.9 Å². The summed E-state index contributed by atoms with van der Waals surface area (Å²) in [6.45, 7) is 1.15. The molecule has 3 aromatic rings. The first-order chi connectivity index (χ1) is 20.2. The summed E-state index contributed by atoms with van der Waals surface area (Å²) >= 11 is 12.8. The molecule has 0 aromatic heterocycles. The Balaban J connectivity index is 2.11. The number of nitrogens with one attached hydrogen (secondary N) is 1. The van der Waals surface area contributed by atoms with E-state index in [0.717, 1.165) is 36.4 Å². The van der Waals surface area contributed by atoms with Crippen LogP contribution < -0.4 is 9.62 Å². The number of amides is 2. The summed E-state index contributed by atoms with van der Waals surface area (Å²) in [5.74, 6) is -1.33. The minimum atomic E-state index is -4.74. The van der Waals surface area contributed by atoms with E-state index in [4.69, 9.17) is 23.2 Å². The van der Waals surface area contributed by atoms with Crippen molar-refractivity contribution in [2.75, 3.05) is 23.7 Å². The fraction of sp³-hybridized carbons (Fsp3) is 0.333. The predicted octanol–water partition coefficient (Wildman–Crippen LogP) is 6.33. The number of carbonyl (C=O) groups excluding carboxylic acids is 2. The van der Waals surface area contributed by atoms with Crippen molar-refractivity contribution in [3.8, 4) is 0 Å². The molecule has 1 unspecified atom stereocenters. The van der Waals surface area contributed by atoms with Gasteiger partial charge < -0.3 is 10.2 Å². The third-order valence-electron chi connectivity index (χ3n) is 6.63. The lowest BCUT2D eigenvalue weighted by molar-refractivity contribution is -0.140. The van der Waals surface area contributed by atoms with Gasteiger partial charge in [-0.3, -0.25) is 13.9 Å². The quantitative estimate of drug-likeness (QED) is 0.218. The van der Waals surface area contributed by atoms with Gasteiger partial charge in [0.15, 0.2) is 0 Å². The standard InChI is InChI=1S/C30H32Cl2F3N3O4S/c1-3-4-16-36-29(40)27(17-21-10-6-5-7-11-21)37(19-24-25(31)14-9-15-26(24)32)28(39)20-38(43(2,41)42)23-13-8-12-22(18-23)30(33,34)35/h5-15,18,27H,3-4,16-17,19-20H2,1-2H3,(H,36,40). The van der Waals surface area contributed by atoms with Crippen LogP contribution in [-0.4, -0.2) is 50.5 Å². The Morgan fingerprint density at radius 1 is 0.953 bits per heavy atom. The van der Waals surface area contributed by atoms with Crippen LogP contribution in [-0.2, 0) is 38.8 Å². The number of sulfonamides is 1. The molecule has 0 aliphatic rings. The van der Waals surface area contributed by atoms with Gasteiger partial charge in [-0.25, -0.2) is 8.42 Å². The summed E-state index contributed by atoms with van der Waals surface area (Å²) < 4.78 is 66.6. The molecule has 0 spiro atoms. The molecule has 3 aromatic carbocycles. The van der Waals surface area contributed by atoms with Gasteiger partial charge in [0.2, 0.25) is 21.8 Å². The summed E-state index contributed by atoms with van der Waals surface area (Å²) in [6.07, 6.45) is -2.40. The number of hydrogen-bond acceptors (Lipinski definition) is 4. The molecule has 0 heterocycles. The maximum atomic E-state index is 14.1. The molecular formula is C30H32Cl2F3N3O4S. The van der Waals surface area contributed by atoms with Gasteiger partial charge in [0.1, 0.15) is 12.6 Å². The Bertz CT molecular complexity index is 1500. The third kappa shape index (κ3) is 9.61. The van der Waals surface area contributed by atoms with Gasteiger partial charge in [-0.15, -0.1) is 0 Å². The number of nitrogens with zero attached hydrogens (tertiary/aromatic N) is 2. The number of alkyl halides is 3. The molecule has 43 heavy (non-hydrogen) atoms. The first kappa shape index (κ1) is 34.2. The molecule has 232 valence electrons. The number of hydrogen-bond donors (Lipinski definition) is 1. The first-order valence-electron chi connectivity index (χ1n) is 13.4. The van der Waals surface area contributed by atoms with Crippen LogP contribution in [0.2, 0.25) is 10.0 Å². The fourth-order valence-corrected chi connectivity index (χ4v) is 5.72. The van der Waals surface area contributed by atoms with Gasteiger partial charge in [0.05, 0.1) is 17.5 Å². The van der Waals surface area contributed by atoms with Crippen LogP contribution in [0.3, 0.4) is 0 Å². The summed E-state index contributed by atoms with van der Waals surface area (Å²) in [4.78, 5) is 28.9. The van der Waals surface area contributed by atoms with Crippen molar-refractivity contribution >= 4 is 50.7 Å². The van der Waals surface area contributed by atoms with Crippen LogP contribution in [0, 0.1) is 0 Å². The second-order valence-electron chi connectivity index (χ2n) is 9.89. The maximum Gasteiger partial charge on any atom is 0.416 e. The molecule has 1 atom stereocenters. The van der Waals surface area contributed by atoms with E-state index < -0.39 is 46.2 Å². The Hall–Kier alpha value is -3.28. The number of carbonyl (C=O) groups is 2. The van der Waals surface area contributed by atoms with Gasteiger partial charge in [0, 0.05) is 35.1 Å². The number of unbranched alkanes of at least 4 members (excludes halogenated alkanes) is 1. The van der Waals surface area contributed by atoms with Crippen molar-refractivity contribution in [3.05, 3.63) is 99.5 Å². The molecule has 1 N–H and O–H groups in total. The Labute approximate surface area is 259 Å². The van der Waals surface area contributed by atoms with E-state index in [9.17, 15) is 31.2 Å². The van der Waals surface area contributed by atoms with Crippen LogP contribution in [0.5, 0.6) is 0 Å². The molecule has 0 aliphatic carbocycles. The van der Waals surface area contributed by atoms with E-state index in [1.807, 2.05) is 6.92 Å². The molecule has 0 saturated carbocycles. The Morgan fingerprint density at radius 3 is 2.16 bits per heavy atom. The monoisotopic (exact) mass is 657 g/mol. The van der Waals surface area contributed by atoms with Gasteiger partial charge in [-0.05, 0) is 42.3 Å². The second-order valence-corrected chi connectivity index (χ2v) is 12.6. The molecule has 2 amide bonds. The second kappa shape index (κ2) is 14.9. The Morgan fingerprint density at radius 2 is 1.58 bits per heavy atom. The predicted molar refractivity (Wildman–Crippen MR) is 162 cm³/mol. The zero-order valence-electron chi connectivity index (χ0n) is 23.6. The van der Waals surface area contributed by atoms with E-state index >= 15 is 0 Å². The normalized spacial score (nSPS) is 12.4. The van der Waals surface area contributed by atoms with E-state index in [2.05, 4.69) is 5.32 Å². The summed E-state index contributed by atoms with van der Waals surface area (Å²) in [6, 6.07) is 16.2. The number of anilines is 1. The van der Waals surface area contributed by atoms with Crippen LogP contribution >= 0.6 is 23.2 Å². The average Bonchev–Trinajstić information content (AvgIpc) is 2.94. The average molecular weight is 659 g/mol. The lowest BCUT2D eigenvalue weighted by Crippen LogP contribution is -2.53. The lowest BCUT2D eigenvalue weighted by atomic mass is 10.0. The molecule has 0 saturated heterocycles. The topological polar surface area (TPSA) is 86.8 Å². The van der Waals surface area contributed by atoms with Crippen LogP contribution in [0.25, 0.3) is 0 Å². The summed E-state index contributed by atoms with van der Waals surface area (Å²) in [5, 5.41) is 3.27. The van der Waals surface area contributed by atoms with Crippen LogP contribution in [0.4, 0.5) is 18.9 Å². The lowest BCUT2D eigenvalue weighted by Gasteiger charge is -2.34. The minimum Gasteiger partial charge on any atom is -0.354 e. The molecule has 0 aliphatic heterocycles. The van der Waals surface area contributed by atoms with Crippen molar-refractivity contribution in [1.29, 1.82) is 0 Å². The van der Waals surface area contributed by atoms with Crippen LogP contribution in [0.15, 0.2) is 72.8 Å². The Kier molecular flexibility index (Phi) is 11.9. The van der Waals surface area contributed by atoms with Crippen LogP contribution in [0.1, 0.15) is 36.5 Å². The maximum absolute atomic E-state index is 14.1. The number of rotatable bonds is 13. The molecule has 0 radical (unpaired) electrons. The molecule has 13 heteroatoms. The molecule has 3 rings (SSSR count). The molecular weight excluding hydrogens is 626 g/mol. The minimum absolute atomic E-state index is 0.0645. The summed E-state index contributed by atoms with van der Waals surface area (Å²) in [7, 11) is -4.25. The van der Waals surface area contributed by atoms with Crippen molar-refractivity contribution in [2.24, 2.45) is 0 Å². The molecule has 0 fully saturated rings. The van der Waals surface area contributed by atoms with Gasteiger partial charge in [-0.2, -0.15) is 13.2 Å². The largest absolute Gasteiger partial charge is 0.416 e. The highest BCUT2D eigenvalue weighted by molar-refractivity contribution is 7.92. The van der Waals surface area contributed by atoms with Crippen molar-refractivity contribution in [1.82, 2.24) is 10.2 Å². The number of benzene rings is 3. The zero-order valence-corrected chi connectivity index (χ0v) is 25.9. The highest BCUT2D eigenvalue weighted by Crippen LogP contribution is 2.33.